The number of likely N-dealkylation sites (tertiary alicyclic amines) is 1. The maximum Gasteiger partial charge on any atom is 0.178 e. The molecule has 1 aliphatic rings. The average molecular weight is 510 g/mol. The van der Waals surface area contributed by atoms with E-state index in [1.165, 1.54) is 25.3 Å². The second-order valence-electron chi connectivity index (χ2n) is 9.49. The Morgan fingerprint density at radius 3 is 2.81 bits per heavy atom. The summed E-state index contributed by atoms with van der Waals surface area (Å²) in [5, 5.41) is 10.3. The molecule has 0 amide bonds. The van der Waals surface area contributed by atoms with Gasteiger partial charge in [0.15, 0.2) is 11.5 Å². The molecule has 9 heteroatoms. The van der Waals surface area contributed by atoms with Gasteiger partial charge in [0.2, 0.25) is 0 Å². The molecule has 1 aliphatic heterocycles. The first-order chi connectivity index (χ1) is 18.2. The number of nitrogens with one attached hydrogen (secondary N) is 2. The molecule has 0 bridgehead atoms. The number of thiophene rings is 1. The fourth-order valence-electron chi connectivity index (χ4n) is 5.20. The summed E-state index contributed by atoms with van der Waals surface area (Å²) in [6, 6.07) is 11.5. The Balaban J connectivity index is 1.29. The van der Waals surface area contributed by atoms with Gasteiger partial charge in [-0.15, -0.1) is 11.3 Å². The molecule has 0 aliphatic carbocycles. The third-order valence-corrected chi connectivity index (χ3v) is 7.92. The summed E-state index contributed by atoms with van der Waals surface area (Å²) >= 11 is 1.67. The Bertz CT molecular complexity index is 1710. The van der Waals surface area contributed by atoms with E-state index in [1.54, 1.807) is 23.7 Å². The third kappa shape index (κ3) is 4.10. The van der Waals surface area contributed by atoms with Crippen LogP contribution >= 0.6 is 11.3 Å². The molecule has 6 heterocycles. The highest BCUT2D eigenvalue weighted by Crippen LogP contribution is 2.35. The molecule has 1 fully saturated rings. The molecule has 6 aromatic rings. The topological polar surface area (TPSA) is 86.4 Å². The molecule has 0 saturated carbocycles. The number of fused-ring (bicyclic) bond motifs is 2. The molecule has 2 N–H and O–H groups in total. The monoisotopic (exact) mass is 509 g/mol. The van der Waals surface area contributed by atoms with Crippen molar-refractivity contribution in [1.82, 2.24) is 35.0 Å². The van der Waals surface area contributed by atoms with E-state index in [4.69, 9.17) is 4.98 Å². The minimum absolute atomic E-state index is 0.314. The average Bonchev–Trinajstić information content (AvgIpc) is 3.68. The van der Waals surface area contributed by atoms with Crippen LogP contribution in [0, 0.1) is 5.82 Å². The number of piperidine rings is 1. The lowest BCUT2D eigenvalue weighted by Gasteiger charge is -2.26. The lowest BCUT2D eigenvalue weighted by atomic mass is 10.0. The van der Waals surface area contributed by atoms with Crippen molar-refractivity contribution in [3.05, 3.63) is 71.7 Å². The largest absolute Gasteiger partial charge is 0.335 e. The Kier molecular flexibility index (Phi) is 5.52. The van der Waals surface area contributed by atoms with Gasteiger partial charge in [0.1, 0.15) is 11.5 Å². The molecule has 7 nitrogen and oxygen atoms in total. The third-order valence-electron chi connectivity index (χ3n) is 7.01. The maximum atomic E-state index is 15.3. The molecule has 1 saturated heterocycles. The van der Waals surface area contributed by atoms with Gasteiger partial charge >= 0.3 is 0 Å². The lowest BCUT2D eigenvalue weighted by molar-refractivity contribution is 0.220. The van der Waals surface area contributed by atoms with Crippen molar-refractivity contribution in [2.24, 2.45) is 0 Å². The number of benzene rings is 1. The molecule has 0 unspecified atom stereocenters. The number of H-pyrrole nitrogens is 2. The molecule has 0 radical (unpaired) electrons. The van der Waals surface area contributed by atoms with Crippen LogP contribution in [0.5, 0.6) is 0 Å². The first-order valence-electron chi connectivity index (χ1n) is 12.5. The zero-order valence-corrected chi connectivity index (χ0v) is 20.9. The van der Waals surface area contributed by atoms with Gasteiger partial charge in [0.05, 0.1) is 11.0 Å². The van der Waals surface area contributed by atoms with Crippen LogP contribution in [0.1, 0.15) is 24.8 Å². The highest BCUT2D eigenvalue weighted by Gasteiger charge is 2.19. The number of rotatable bonds is 5. The highest BCUT2D eigenvalue weighted by atomic mass is 32.1. The standard InChI is InChI=1S/C28H24FN7S/c29-22-13-23-21(12-20(22)18-11-17(14-30-15-18)16-36-8-2-1-3-9-36)26(35-34-23)28-32-25-19(24-5-4-10-37-24)6-7-31-27(25)33-28/h4-7,10-15H,1-3,8-9,16H2,(H,34,35)(H,31,32,33). The summed E-state index contributed by atoms with van der Waals surface area (Å²) < 4.78 is 15.3. The fourth-order valence-corrected chi connectivity index (χ4v) is 5.96. The summed E-state index contributed by atoms with van der Waals surface area (Å²) in [6.45, 7) is 3.03. The quantitative estimate of drug-likeness (QED) is 0.280. The molecule has 0 atom stereocenters. The fraction of sp³-hybridized carbons (Fsp3) is 0.214. The SMILES string of the molecule is Fc1cc2[nH]nc(-c3nc4nccc(-c5cccs5)c4[nH]3)c2cc1-c1cncc(CN2CCCCC2)c1. The number of aromatic amines is 2. The van der Waals surface area contributed by atoms with Gasteiger partial charge in [0, 0.05) is 58.2 Å². The second-order valence-corrected chi connectivity index (χ2v) is 10.4. The van der Waals surface area contributed by atoms with Gasteiger partial charge in [-0.3, -0.25) is 15.0 Å². The van der Waals surface area contributed by atoms with Gasteiger partial charge in [-0.05, 0) is 61.1 Å². The number of aromatic nitrogens is 6. The summed E-state index contributed by atoms with van der Waals surface area (Å²) in [5.74, 6) is 0.276. The van der Waals surface area contributed by atoms with Crippen molar-refractivity contribution < 1.29 is 4.39 Å². The molecule has 5 aromatic heterocycles. The van der Waals surface area contributed by atoms with Crippen molar-refractivity contribution in [2.45, 2.75) is 25.8 Å². The molecular formula is C28H24FN7S. The highest BCUT2D eigenvalue weighted by molar-refractivity contribution is 7.13. The Morgan fingerprint density at radius 2 is 1.95 bits per heavy atom. The number of halogens is 1. The maximum absolute atomic E-state index is 15.3. The summed E-state index contributed by atoms with van der Waals surface area (Å²) in [6.07, 6.45) is 9.12. The van der Waals surface area contributed by atoms with Crippen LogP contribution in [0.2, 0.25) is 0 Å². The van der Waals surface area contributed by atoms with Crippen LogP contribution in [0.25, 0.3) is 55.2 Å². The zero-order chi connectivity index (χ0) is 24.8. The smallest absolute Gasteiger partial charge is 0.178 e. The van der Waals surface area contributed by atoms with E-state index < -0.39 is 0 Å². The van der Waals surface area contributed by atoms with Crippen molar-refractivity contribution in [3.63, 3.8) is 0 Å². The van der Waals surface area contributed by atoms with Crippen molar-refractivity contribution in [3.8, 4) is 33.1 Å². The number of hydrogen-bond donors (Lipinski definition) is 2. The second kappa shape index (κ2) is 9.17. The minimum atomic E-state index is -0.314. The molecule has 0 spiro atoms. The lowest BCUT2D eigenvalue weighted by Crippen LogP contribution is -2.29. The van der Waals surface area contributed by atoms with E-state index in [0.717, 1.165) is 52.1 Å². The molecule has 1 aromatic carbocycles. The number of imidazole rings is 1. The van der Waals surface area contributed by atoms with E-state index in [0.29, 0.717) is 28.2 Å². The zero-order valence-electron chi connectivity index (χ0n) is 20.0. The van der Waals surface area contributed by atoms with Crippen molar-refractivity contribution in [1.29, 1.82) is 0 Å². The normalized spacial score (nSPS) is 14.6. The first-order valence-corrected chi connectivity index (χ1v) is 13.3. The van der Waals surface area contributed by atoms with Crippen LogP contribution in [-0.2, 0) is 6.54 Å². The van der Waals surface area contributed by atoms with Crippen molar-refractivity contribution >= 4 is 33.4 Å². The van der Waals surface area contributed by atoms with Gasteiger partial charge < -0.3 is 4.98 Å². The first kappa shape index (κ1) is 22.3. The van der Waals surface area contributed by atoms with Crippen LogP contribution in [0.3, 0.4) is 0 Å². The van der Waals surface area contributed by atoms with E-state index in [9.17, 15) is 0 Å². The molecule has 7 rings (SSSR count). The summed E-state index contributed by atoms with van der Waals surface area (Å²) in [5.41, 5.74) is 6.10. The van der Waals surface area contributed by atoms with Gasteiger partial charge in [0.25, 0.3) is 0 Å². The van der Waals surface area contributed by atoms with E-state index >= 15 is 4.39 Å². The van der Waals surface area contributed by atoms with Gasteiger partial charge in [-0.2, -0.15) is 5.10 Å². The van der Waals surface area contributed by atoms with Crippen LogP contribution in [0.4, 0.5) is 4.39 Å². The van der Waals surface area contributed by atoms with Crippen LogP contribution in [-0.4, -0.2) is 48.1 Å². The minimum Gasteiger partial charge on any atom is -0.335 e. The Labute approximate surface area is 216 Å². The molecular weight excluding hydrogens is 485 g/mol. The Morgan fingerprint density at radius 1 is 1.03 bits per heavy atom. The number of hydrogen-bond acceptors (Lipinski definition) is 6. The molecule has 184 valence electrons. The van der Waals surface area contributed by atoms with Crippen LogP contribution < -0.4 is 0 Å². The Hall–Kier alpha value is -3.95. The van der Waals surface area contributed by atoms with Crippen molar-refractivity contribution in [2.75, 3.05) is 13.1 Å². The predicted octanol–water partition coefficient (Wildman–Crippen LogP) is 6.42. The summed E-state index contributed by atoms with van der Waals surface area (Å²) in [7, 11) is 0. The number of nitrogens with zero attached hydrogens (tertiary/aromatic N) is 5. The van der Waals surface area contributed by atoms with Gasteiger partial charge in [-0.25, -0.2) is 14.4 Å². The van der Waals surface area contributed by atoms with Gasteiger partial charge in [-0.1, -0.05) is 12.5 Å². The number of pyridine rings is 2. The predicted molar refractivity (Wildman–Crippen MR) is 145 cm³/mol. The van der Waals surface area contributed by atoms with E-state index in [1.807, 2.05) is 35.8 Å². The van der Waals surface area contributed by atoms with E-state index in [2.05, 4.69) is 36.1 Å². The molecule has 37 heavy (non-hydrogen) atoms. The summed E-state index contributed by atoms with van der Waals surface area (Å²) in [4.78, 5) is 20.6. The van der Waals surface area contributed by atoms with E-state index in [-0.39, 0.29) is 5.82 Å². The van der Waals surface area contributed by atoms with Crippen LogP contribution in [0.15, 0.2) is 60.4 Å².